The van der Waals surface area contributed by atoms with Gasteiger partial charge in [-0.3, -0.25) is 4.40 Å². The molecule has 9 heteroatoms. The molecule has 5 aromatic rings. The normalized spacial score (nSPS) is 15.7. The number of fused-ring (bicyclic) bond motifs is 2. The SMILES string of the molecule is COc1cc(OC[C@@H]2CCCN2c2ccc(C#N)cn2)c2cc(-c3cn4cc(C)sc4n3)oc2c1. The molecule has 1 aromatic carbocycles. The van der Waals surface area contributed by atoms with Gasteiger partial charge in [0.25, 0.3) is 0 Å². The van der Waals surface area contributed by atoms with Crippen LogP contribution in [0.3, 0.4) is 0 Å². The maximum Gasteiger partial charge on any atom is 0.194 e. The summed E-state index contributed by atoms with van der Waals surface area (Å²) in [5.41, 5.74) is 2.04. The molecule has 1 atom stereocenters. The van der Waals surface area contributed by atoms with Crippen LogP contribution in [0, 0.1) is 18.3 Å². The fraction of sp³-hybridized carbons (Fsp3) is 0.269. The van der Waals surface area contributed by atoms with Crippen molar-refractivity contribution in [2.24, 2.45) is 0 Å². The molecular formula is C26H23N5O3S. The average molecular weight is 486 g/mol. The van der Waals surface area contributed by atoms with Crippen LogP contribution < -0.4 is 14.4 Å². The third kappa shape index (κ3) is 3.96. The highest BCUT2D eigenvalue weighted by Crippen LogP contribution is 2.37. The second-order valence-corrected chi connectivity index (χ2v) is 9.84. The molecule has 0 unspecified atom stereocenters. The van der Waals surface area contributed by atoms with Crippen LogP contribution in [0.5, 0.6) is 11.5 Å². The fourth-order valence-corrected chi connectivity index (χ4v) is 5.40. The Bertz CT molecular complexity index is 1530. The van der Waals surface area contributed by atoms with Crippen molar-refractivity contribution >= 4 is 33.1 Å². The molecule has 5 heterocycles. The first kappa shape index (κ1) is 21.5. The van der Waals surface area contributed by atoms with E-state index in [0.717, 1.165) is 41.2 Å². The van der Waals surface area contributed by atoms with Crippen molar-refractivity contribution in [2.45, 2.75) is 25.8 Å². The Hall–Kier alpha value is -4.03. The summed E-state index contributed by atoms with van der Waals surface area (Å²) >= 11 is 1.65. The molecule has 176 valence electrons. The lowest BCUT2D eigenvalue weighted by Crippen LogP contribution is -2.34. The maximum absolute atomic E-state index is 9.05. The molecule has 0 saturated carbocycles. The predicted octanol–water partition coefficient (Wildman–Crippen LogP) is 5.44. The minimum Gasteiger partial charge on any atom is -0.496 e. The fourth-order valence-electron chi connectivity index (χ4n) is 4.59. The molecule has 8 nitrogen and oxygen atoms in total. The van der Waals surface area contributed by atoms with Crippen LogP contribution in [0.2, 0.25) is 0 Å². The van der Waals surface area contributed by atoms with Gasteiger partial charge in [0.15, 0.2) is 10.7 Å². The van der Waals surface area contributed by atoms with Crippen LogP contribution >= 0.6 is 11.3 Å². The van der Waals surface area contributed by atoms with Crippen LogP contribution in [0.4, 0.5) is 5.82 Å². The zero-order chi connectivity index (χ0) is 23.9. The molecule has 0 bridgehead atoms. The number of hydrogen-bond acceptors (Lipinski definition) is 8. The van der Waals surface area contributed by atoms with Crippen LogP contribution in [-0.4, -0.2) is 40.7 Å². The van der Waals surface area contributed by atoms with Crippen LogP contribution in [0.15, 0.2) is 53.3 Å². The Labute approximate surface area is 206 Å². The van der Waals surface area contributed by atoms with E-state index in [0.29, 0.717) is 35.0 Å². The summed E-state index contributed by atoms with van der Waals surface area (Å²) in [4.78, 5) is 13.6. The first-order valence-corrected chi connectivity index (χ1v) is 12.3. The number of methoxy groups -OCH3 is 1. The van der Waals surface area contributed by atoms with Gasteiger partial charge in [0.2, 0.25) is 0 Å². The van der Waals surface area contributed by atoms with Crippen molar-refractivity contribution < 1.29 is 13.9 Å². The number of thiazole rings is 1. The Morgan fingerprint density at radius 3 is 2.94 bits per heavy atom. The molecule has 0 amide bonds. The first-order chi connectivity index (χ1) is 17.1. The number of nitriles is 1. The van der Waals surface area contributed by atoms with Crippen molar-refractivity contribution in [2.75, 3.05) is 25.2 Å². The van der Waals surface area contributed by atoms with Crippen LogP contribution in [-0.2, 0) is 0 Å². The number of hydrogen-bond donors (Lipinski definition) is 0. The standard InChI is InChI=1S/C26H23N5O3S/c1-16-13-30-14-21(29-26(30)35-16)24-10-20-22(8-19(32-2)9-23(20)34-24)33-15-18-4-3-7-31(18)25-6-5-17(11-27)12-28-25/h5-6,8-10,12-14,18H,3-4,7,15H2,1-2H3/t18-/m0/s1. The smallest absolute Gasteiger partial charge is 0.194 e. The molecule has 1 aliphatic rings. The van der Waals surface area contributed by atoms with Gasteiger partial charge in [0.05, 0.1) is 24.1 Å². The summed E-state index contributed by atoms with van der Waals surface area (Å²) in [6.07, 6.45) is 7.74. The Balaban J connectivity index is 1.28. The van der Waals surface area contributed by atoms with Crippen LogP contribution in [0.25, 0.3) is 27.4 Å². The zero-order valence-electron chi connectivity index (χ0n) is 19.4. The van der Waals surface area contributed by atoms with Gasteiger partial charge in [-0.2, -0.15) is 5.26 Å². The number of imidazole rings is 1. The van der Waals surface area contributed by atoms with Gasteiger partial charge in [-0.15, -0.1) is 11.3 Å². The maximum atomic E-state index is 9.05. The van der Waals surface area contributed by atoms with E-state index in [-0.39, 0.29) is 6.04 Å². The third-order valence-corrected chi connectivity index (χ3v) is 7.22. The van der Waals surface area contributed by atoms with E-state index in [2.05, 4.69) is 29.1 Å². The average Bonchev–Trinajstić information content (AvgIpc) is 3.65. The molecule has 0 aliphatic carbocycles. The quantitative estimate of drug-likeness (QED) is 0.316. The van der Waals surface area contributed by atoms with Gasteiger partial charge in [0, 0.05) is 42.1 Å². The van der Waals surface area contributed by atoms with E-state index < -0.39 is 0 Å². The monoisotopic (exact) mass is 485 g/mol. The lowest BCUT2D eigenvalue weighted by Gasteiger charge is -2.26. The summed E-state index contributed by atoms with van der Waals surface area (Å²) in [5, 5.41) is 9.93. The number of furan rings is 1. The second kappa shape index (κ2) is 8.64. The van der Waals surface area contributed by atoms with E-state index in [1.54, 1.807) is 30.7 Å². The van der Waals surface area contributed by atoms with Crippen molar-refractivity contribution in [1.29, 1.82) is 5.26 Å². The van der Waals surface area contributed by atoms with Crippen molar-refractivity contribution in [3.63, 3.8) is 0 Å². The molecule has 4 aromatic heterocycles. The Morgan fingerprint density at radius 2 is 2.17 bits per heavy atom. The van der Waals surface area contributed by atoms with Gasteiger partial charge in [-0.25, -0.2) is 9.97 Å². The zero-order valence-corrected chi connectivity index (χ0v) is 20.2. The van der Waals surface area contributed by atoms with E-state index in [1.165, 1.54) is 4.88 Å². The number of nitrogens with zero attached hydrogens (tertiary/aromatic N) is 5. The molecule has 0 radical (unpaired) electrons. The minimum absolute atomic E-state index is 0.186. The number of ether oxygens (including phenoxy) is 2. The van der Waals surface area contributed by atoms with Gasteiger partial charge in [-0.1, -0.05) is 0 Å². The highest BCUT2D eigenvalue weighted by Gasteiger charge is 2.27. The highest BCUT2D eigenvalue weighted by atomic mass is 32.1. The van der Waals surface area contributed by atoms with Crippen molar-refractivity contribution in [3.8, 4) is 29.0 Å². The van der Waals surface area contributed by atoms with E-state index in [1.807, 2.05) is 34.9 Å². The van der Waals surface area contributed by atoms with E-state index in [9.17, 15) is 0 Å². The van der Waals surface area contributed by atoms with Gasteiger partial charge >= 0.3 is 0 Å². The molecule has 1 aliphatic heterocycles. The predicted molar refractivity (Wildman–Crippen MR) is 134 cm³/mol. The third-order valence-electron chi connectivity index (χ3n) is 6.31. The molecule has 35 heavy (non-hydrogen) atoms. The molecule has 1 saturated heterocycles. The first-order valence-electron chi connectivity index (χ1n) is 11.4. The highest BCUT2D eigenvalue weighted by molar-refractivity contribution is 7.17. The second-order valence-electron chi connectivity index (χ2n) is 8.62. The van der Waals surface area contributed by atoms with E-state index in [4.69, 9.17) is 24.1 Å². The topological polar surface area (TPSA) is 88.8 Å². The van der Waals surface area contributed by atoms with E-state index >= 15 is 0 Å². The molecule has 0 spiro atoms. The van der Waals surface area contributed by atoms with Gasteiger partial charge in [0.1, 0.15) is 41.3 Å². The van der Waals surface area contributed by atoms with Crippen molar-refractivity contribution in [3.05, 3.63) is 59.4 Å². The number of aromatic nitrogens is 3. The Kier molecular flexibility index (Phi) is 5.30. The number of anilines is 1. The van der Waals surface area contributed by atoms with Crippen LogP contribution in [0.1, 0.15) is 23.3 Å². The molecule has 0 N–H and O–H groups in total. The number of aryl methyl sites for hydroxylation is 1. The van der Waals surface area contributed by atoms with Crippen molar-refractivity contribution in [1.82, 2.24) is 14.4 Å². The van der Waals surface area contributed by atoms with Gasteiger partial charge in [-0.05, 0) is 38.0 Å². The lowest BCUT2D eigenvalue weighted by atomic mass is 10.2. The minimum atomic E-state index is 0.186. The summed E-state index contributed by atoms with van der Waals surface area (Å²) in [5.74, 6) is 2.94. The summed E-state index contributed by atoms with van der Waals surface area (Å²) in [6.45, 7) is 3.48. The summed E-state index contributed by atoms with van der Waals surface area (Å²) < 4.78 is 20.1. The Morgan fingerprint density at radius 1 is 1.26 bits per heavy atom. The lowest BCUT2D eigenvalue weighted by molar-refractivity contribution is 0.289. The molecular weight excluding hydrogens is 462 g/mol. The summed E-state index contributed by atoms with van der Waals surface area (Å²) in [6, 6.07) is 11.8. The number of rotatable bonds is 6. The largest absolute Gasteiger partial charge is 0.496 e. The molecule has 1 fully saturated rings. The molecule has 6 rings (SSSR count). The summed E-state index contributed by atoms with van der Waals surface area (Å²) in [7, 11) is 1.63. The number of benzene rings is 1. The number of pyridine rings is 1. The van der Waals surface area contributed by atoms with Gasteiger partial charge < -0.3 is 18.8 Å².